The molecule has 0 bridgehead atoms. The average Bonchev–Trinajstić information content (AvgIpc) is 2.39. The first-order valence-electron chi connectivity index (χ1n) is 6.28. The quantitative estimate of drug-likeness (QED) is 0.681. The van der Waals surface area contributed by atoms with Gasteiger partial charge in [-0.1, -0.05) is 12.2 Å². The number of nitrogens with zero attached hydrogens (tertiary/aromatic N) is 1. The second-order valence-corrected chi connectivity index (χ2v) is 5.76. The van der Waals surface area contributed by atoms with Gasteiger partial charge in [0.25, 0.3) is 0 Å². The van der Waals surface area contributed by atoms with Crippen LogP contribution in [0.5, 0.6) is 0 Å². The molecule has 0 aliphatic rings. The van der Waals surface area contributed by atoms with E-state index in [-0.39, 0.29) is 19.1 Å². The summed E-state index contributed by atoms with van der Waals surface area (Å²) in [5.74, 6) is -0.142. The van der Waals surface area contributed by atoms with Gasteiger partial charge in [0.05, 0.1) is 13.2 Å². The summed E-state index contributed by atoms with van der Waals surface area (Å²) in [6.45, 7) is 3.93. The zero-order valence-corrected chi connectivity index (χ0v) is 12.8. The molecule has 0 radical (unpaired) electrons. The Morgan fingerprint density at radius 3 is 2.40 bits per heavy atom. The molecule has 1 rings (SSSR count). The van der Waals surface area contributed by atoms with Crippen LogP contribution in [0.3, 0.4) is 0 Å². The van der Waals surface area contributed by atoms with Crippen LogP contribution in [0.4, 0.5) is 5.69 Å². The Balaban J connectivity index is 2.60. The summed E-state index contributed by atoms with van der Waals surface area (Å²) < 4.78 is 0. The number of nitrogens with two attached hydrogens (primary N) is 1. The number of hydrogen-bond donors (Lipinski definition) is 3. The summed E-state index contributed by atoms with van der Waals surface area (Å²) in [6.07, 6.45) is 0. The number of thiocarbonyl (C=S) groups is 1. The van der Waals surface area contributed by atoms with Crippen molar-refractivity contribution >= 4 is 28.8 Å². The largest absolute Gasteiger partial charge is 0.394 e. The molecule has 0 heterocycles. The third-order valence-electron chi connectivity index (χ3n) is 3.25. The smallest absolute Gasteiger partial charge is 0.238 e. The van der Waals surface area contributed by atoms with E-state index < -0.39 is 5.54 Å². The number of hydrogen-bond acceptors (Lipinski definition) is 4. The van der Waals surface area contributed by atoms with Gasteiger partial charge in [-0.2, -0.15) is 0 Å². The van der Waals surface area contributed by atoms with Gasteiger partial charge < -0.3 is 16.2 Å². The maximum Gasteiger partial charge on any atom is 0.238 e. The molecule has 1 aromatic carbocycles. The van der Waals surface area contributed by atoms with E-state index in [9.17, 15) is 9.90 Å². The minimum Gasteiger partial charge on any atom is -0.394 e. The van der Waals surface area contributed by atoms with Crippen LogP contribution in [0.2, 0.25) is 0 Å². The van der Waals surface area contributed by atoms with E-state index in [1.54, 1.807) is 36.2 Å². The Kier molecular flexibility index (Phi) is 5.62. The first kappa shape index (κ1) is 16.6. The lowest BCUT2D eigenvalue weighted by molar-refractivity contribution is -0.118. The van der Waals surface area contributed by atoms with Crippen LogP contribution in [0.1, 0.15) is 19.4 Å². The van der Waals surface area contributed by atoms with Gasteiger partial charge in [-0.25, -0.2) is 0 Å². The summed E-state index contributed by atoms with van der Waals surface area (Å²) in [5.41, 5.74) is 6.52. The molecule has 1 amide bonds. The SMILES string of the molecule is CN(CC(=O)Nc1ccc(C(N)=S)cc1)C(C)(C)CO. The Labute approximate surface area is 124 Å². The van der Waals surface area contributed by atoms with E-state index in [1.165, 1.54) is 0 Å². The van der Waals surface area contributed by atoms with Gasteiger partial charge in [0, 0.05) is 16.8 Å². The van der Waals surface area contributed by atoms with Gasteiger partial charge in [-0.05, 0) is 45.2 Å². The highest BCUT2D eigenvalue weighted by atomic mass is 32.1. The fraction of sp³-hybridized carbons (Fsp3) is 0.429. The van der Waals surface area contributed by atoms with Crippen molar-refractivity contribution < 1.29 is 9.90 Å². The molecule has 0 aliphatic heterocycles. The molecule has 0 unspecified atom stereocenters. The number of carbonyl (C=O) groups excluding carboxylic acids is 1. The van der Waals surface area contributed by atoms with Gasteiger partial charge in [0.2, 0.25) is 5.91 Å². The number of anilines is 1. The summed E-state index contributed by atoms with van der Waals surface area (Å²) in [5, 5.41) is 12.0. The maximum atomic E-state index is 11.9. The predicted octanol–water partition coefficient (Wildman–Crippen LogP) is 0.962. The number of carbonyl (C=O) groups is 1. The second kappa shape index (κ2) is 6.78. The highest BCUT2D eigenvalue weighted by Gasteiger charge is 2.24. The number of nitrogens with one attached hydrogen (secondary N) is 1. The molecule has 0 spiro atoms. The molecule has 0 atom stereocenters. The van der Waals surface area contributed by atoms with Crippen LogP contribution in [0, 0.1) is 0 Å². The van der Waals surface area contributed by atoms with Crippen LogP contribution >= 0.6 is 12.2 Å². The fourth-order valence-corrected chi connectivity index (χ4v) is 1.60. The van der Waals surface area contributed by atoms with Crippen LogP contribution in [-0.4, -0.2) is 46.6 Å². The number of rotatable bonds is 6. The van der Waals surface area contributed by atoms with Gasteiger partial charge in [0.15, 0.2) is 0 Å². The monoisotopic (exact) mass is 295 g/mol. The van der Waals surface area contributed by atoms with E-state index in [2.05, 4.69) is 5.32 Å². The normalized spacial score (nSPS) is 11.4. The third kappa shape index (κ3) is 4.56. The minimum atomic E-state index is -0.438. The van der Waals surface area contributed by atoms with Gasteiger partial charge in [0.1, 0.15) is 4.99 Å². The Morgan fingerprint density at radius 1 is 1.40 bits per heavy atom. The molecule has 0 aliphatic carbocycles. The van der Waals surface area contributed by atoms with Gasteiger partial charge >= 0.3 is 0 Å². The van der Waals surface area contributed by atoms with Crippen molar-refractivity contribution in [2.45, 2.75) is 19.4 Å². The maximum absolute atomic E-state index is 11.9. The summed E-state index contributed by atoms with van der Waals surface area (Å²) in [6, 6.07) is 7.03. The molecular weight excluding hydrogens is 274 g/mol. The second-order valence-electron chi connectivity index (χ2n) is 5.32. The van der Waals surface area contributed by atoms with Crippen molar-refractivity contribution in [1.29, 1.82) is 0 Å². The highest BCUT2D eigenvalue weighted by molar-refractivity contribution is 7.80. The minimum absolute atomic E-state index is 0.0145. The number of likely N-dealkylation sites (N-methyl/N-ethyl adjacent to an activating group) is 1. The molecule has 4 N–H and O–H groups in total. The van der Waals surface area contributed by atoms with Crippen molar-refractivity contribution in [3.8, 4) is 0 Å². The average molecular weight is 295 g/mol. The zero-order valence-electron chi connectivity index (χ0n) is 12.0. The lowest BCUT2D eigenvalue weighted by Crippen LogP contribution is -2.47. The van der Waals surface area contributed by atoms with Crippen molar-refractivity contribution in [2.24, 2.45) is 5.73 Å². The fourth-order valence-electron chi connectivity index (χ4n) is 1.47. The van der Waals surface area contributed by atoms with Crippen molar-refractivity contribution in [1.82, 2.24) is 4.90 Å². The Bertz CT molecular complexity index is 486. The number of aliphatic hydroxyl groups excluding tert-OH is 1. The van der Waals surface area contributed by atoms with E-state index in [1.807, 2.05) is 13.8 Å². The van der Waals surface area contributed by atoms with E-state index in [0.717, 1.165) is 5.56 Å². The molecule has 20 heavy (non-hydrogen) atoms. The highest BCUT2D eigenvalue weighted by Crippen LogP contribution is 2.12. The molecular formula is C14H21N3O2S. The standard InChI is InChI=1S/C14H21N3O2S/c1-14(2,9-18)17(3)8-12(19)16-11-6-4-10(5-7-11)13(15)20/h4-7,18H,8-9H2,1-3H3,(H2,15,20)(H,16,19). The van der Waals surface area contributed by atoms with Crippen molar-refractivity contribution in [2.75, 3.05) is 25.5 Å². The molecule has 0 aromatic heterocycles. The summed E-state index contributed by atoms with van der Waals surface area (Å²) in [7, 11) is 1.80. The molecule has 0 saturated heterocycles. The van der Waals surface area contributed by atoms with Gasteiger partial charge in [-0.15, -0.1) is 0 Å². The molecule has 6 heteroatoms. The molecule has 110 valence electrons. The van der Waals surface area contributed by atoms with Crippen molar-refractivity contribution in [3.63, 3.8) is 0 Å². The zero-order chi connectivity index (χ0) is 15.3. The van der Waals surface area contributed by atoms with Gasteiger partial charge in [-0.3, -0.25) is 9.69 Å². The van der Waals surface area contributed by atoms with Crippen molar-refractivity contribution in [3.05, 3.63) is 29.8 Å². The lowest BCUT2D eigenvalue weighted by atomic mass is 10.1. The van der Waals surface area contributed by atoms with Crippen LogP contribution in [0.15, 0.2) is 24.3 Å². The van der Waals surface area contributed by atoms with Crippen LogP contribution < -0.4 is 11.1 Å². The number of amides is 1. The summed E-state index contributed by atoms with van der Waals surface area (Å²) >= 11 is 4.86. The van der Waals surface area contributed by atoms with Crippen LogP contribution in [0.25, 0.3) is 0 Å². The third-order valence-corrected chi connectivity index (χ3v) is 3.49. The first-order chi connectivity index (χ1) is 9.26. The molecule has 0 saturated carbocycles. The number of aliphatic hydroxyl groups is 1. The topological polar surface area (TPSA) is 78.6 Å². The van der Waals surface area contributed by atoms with E-state index >= 15 is 0 Å². The molecule has 1 aromatic rings. The lowest BCUT2D eigenvalue weighted by Gasteiger charge is -2.33. The van der Waals surface area contributed by atoms with E-state index in [4.69, 9.17) is 18.0 Å². The van der Waals surface area contributed by atoms with E-state index in [0.29, 0.717) is 10.7 Å². The Hall–Kier alpha value is -1.50. The molecule has 5 nitrogen and oxygen atoms in total. The first-order valence-corrected chi connectivity index (χ1v) is 6.69. The number of benzene rings is 1. The predicted molar refractivity (Wildman–Crippen MR) is 84.8 cm³/mol. The Morgan fingerprint density at radius 2 is 1.95 bits per heavy atom. The summed E-state index contributed by atoms with van der Waals surface area (Å²) in [4.78, 5) is 14.0. The van der Waals surface area contributed by atoms with Crippen LogP contribution in [-0.2, 0) is 4.79 Å². The molecule has 0 fully saturated rings.